The highest BCUT2D eigenvalue weighted by Gasteiger charge is 2.39. The van der Waals surface area contributed by atoms with E-state index in [0.717, 1.165) is 0 Å². The molecule has 30 heavy (non-hydrogen) atoms. The lowest BCUT2D eigenvalue weighted by Gasteiger charge is -2.21. The van der Waals surface area contributed by atoms with Crippen molar-refractivity contribution in [2.75, 3.05) is 5.32 Å². The van der Waals surface area contributed by atoms with E-state index in [0.29, 0.717) is 27.1 Å². The van der Waals surface area contributed by atoms with Gasteiger partial charge in [-0.1, -0.05) is 23.2 Å². The van der Waals surface area contributed by atoms with Crippen molar-refractivity contribution < 1.29 is 18.9 Å². The average molecular weight is 441 g/mol. The number of amides is 1. The molecule has 3 aromatic rings. The molecule has 150 valence electrons. The minimum atomic E-state index is -0.963. The molecule has 0 bridgehead atoms. The normalized spacial score (nSPS) is 15.9. The van der Waals surface area contributed by atoms with Gasteiger partial charge >= 0.3 is 5.97 Å². The molecular formula is C22H16Cl2N3O3+. The van der Waals surface area contributed by atoms with Crippen LogP contribution in [0.3, 0.4) is 0 Å². The third-order valence-electron chi connectivity index (χ3n) is 4.45. The molecule has 1 aromatic heterocycles. The number of ether oxygens (including phenoxy) is 1. The number of carbonyl (C=O) groups excluding carboxylic acids is 2. The lowest BCUT2D eigenvalue weighted by atomic mass is 10.1. The number of fused-ring (bicyclic) bond motifs is 1. The molecule has 0 fully saturated rings. The summed E-state index contributed by atoms with van der Waals surface area (Å²) in [5.41, 5.74) is 1.73. The van der Waals surface area contributed by atoms with Gasteiger partial charge in [0.1, 0.15) is 0 Å². The molecule has 8 heteroatoms. The van der Waals surface area contributed by atoms with Crippen molar-refractivity contribution in [3.05, 3.63) is 88.7 Å². The second-order valence-electron chi connectivity index (χ2n) is 6.56. The van der Waals surface area contributed by atoms with Gasteiger partial charge in [0.2, 0.25) is 18.3 Å². The number of cyclic esters (lactones) is 1. The van der Waals surface area contributed by atoms with Crippen LogP contribution in [0.5, 0.6) is 0 Å². The van der Waals surface area contributed by atoms with E-state index in [2.05, 4.69) is 10.3 Å². The molecule has 6 nitrogen and oxygen atoms in total. The van der Waals surface area contributed by atoms with Crippen LogP contribution in [0, 0.1) is 0 Å². The fourth-order valence-electron chi connectivity index (χ4n) is 3.05. The molecule has 0 saturated carbocycles. The Kier molecular flexibility index (Phi) is 5.79. The fraction of sp³-hybridized carbons (Fsp3) is 0.0909. The van der Waals surface area contributed by atoms with Gasteiger partial charge in [-0.05, 0) is 54.6 Å². The van der Waals surface area contributed by atoms with Crippen molar-refractivity contribution in [2.24, 2.45) is 4.99 Å². The molecule has 1 atom stereocenters. The molecule has 0 aliphatic carbocycles. The number of hydrogen-bond acceptors (Lipinski definition) is 4. The Morgan fingerprint density at radius 1 is 1.00 bits per heavy atom. The number of nitrogens with zero attached hydrogens (tertiary/aromatic N) is 2. The first-order valence-corrected chi connectivity index (χ1v) is 9.84. The van der Waals surface area contributed by atoms with E-state index in [1.807, 2.05) is 12.1 Å². The predicted molar refractivity (Wildman–Crippen MR) is 114 cm³/mol. The summed E-state index contributed by atoms with van der Waals surface area (Å²) in [6, 6.07) is 18.8. The van der Waals surface area contributed by atoms with E-state index < -0.39 is 18.0 Å². The summed E-state index contributed by atoms with van der Waals surface area (Å²) in [7, 11) is 0. The Morgan fingerprint density at radius 3 is 2.37 bits per heavy atom. The Morgan fingerprint density at radius 2 is 1.67 bits per heavy atom. The van der Waals surface area contributed by atoms with Gasteiger partial charge in [-0.25, -0.2) is 9.79 Å². The van der Waals surface area contributed by atoms with E-state index in [1.165, 1.54) is 0 Å². The molecule has 4 rings (SSSR count). The van der Waals surface area contributed by atoms with Crippen LogP contribution >= 0.6 is 23.2 Å². The molecule has 1 aliphatic rings. The highest BCUT2D eigenvalue weighted by molar-refractivity contribution is 6.45. The molecule has 0 saturated heterocycles. The van der Waals surface area contributed by atoms with Crippen LogP contribution in [0.2, 0.25) is 10.0 Å². The summed E-state index contributed by atoms with van der Waals surface area (Å²) in [4.78, 5) is 29.9. The maximum absolute atomic E-state index is 13.2. The molecule has 2 heterocycles. The first-order chi connectivity index (χ1) is 14.5. The molecule has 1 unspecified atom stereocenters. The van der Waals surface area contributed by atoms with Gasteiger partial charge in [0.05, 0.1) is 5.69 Å². The van der Waals surface area contributed by atoms with E-state index in [1.54, 1.807) is 65.4 Å². The number of rotatable bonds is 4. The van der Waals surface area contributed by atoms with Gasteiger partial charge < -0.3 is 10.1 Å². The summed E-state index contributed by atoms with van der Waals surface area (Å²) >= 11 is 11.9. The van der Waals surface area contributed by atoms with Crippen molar-refractivity contribution in [1.29, 1.82) is 0 Å². The quantitative estimate of drug-likeness (QED) is 0.373. The van der Waals surface area contributed by atoms with Crippen LogP contribution < -0.4 is 9.88 Å². The second-order valence-corrected chi connectivity index (χ2v) is 7.43. The number of aliphatic imine (C=N–C) groups is 1. The molecular weight excluding hydrogens is 425 g/mol. The van der Waals surface area contributed by atoms with Crippen LogP contribution in [0.25, 0.3) is 0 Å². The van der Waals surface area contributed by atoms with Crippen molar-refractivity contribution in [2.45, 2.75) is 12.6 Å². The average Bonchev–Trinajstić information content (AvgIpc) is 2.74. The zero-order valence-corrected chi connectivity index (χ0v) is 17.1. The number of aromatic nitrogens is 1. The number of anilines is 1. The molecule has 1 amide bonds. The summed E-state index contributed by atoms with van der Waals surface area (Å²) in [5, 5.41) is 3.89. The highest BCUT2D eigenvalue weighted by atomic mass is 35.5. The molecule has 0 spiro atoms. The number of carbonyl (C=O) groups is 2. The smallest absolute Gasteiger partial charge is 0.373 e. The molecule has 0 radical (unpaired) electrons. The summed E-state index contributed by atoms with van der Waals surface area (Å²) in [6.07, 6.45) is 0.801. The third kappa shape index (κ3) is 4.50. The summed E-state index contributed by atoms with van der Waals surface area (Å²) < 4.78 is 7.29. The maximum Gasteiger partial charge on any atom is 0.373 e. The lowest BCUT2D eigenvalue weighted by molar-refractivity contribution is -0.701. The number of halogens is 2. The minimum absolute atomic E-state index is 0.0419. The van der Waals surface area contributed by atoms with Crippen molar-refractivity contribution >= 4 is 52.2 Å². The maximum atomic E-state index is 13.2. The topological polar surface area (TPSA) is 71.6 Å². The Hall–Kier alpha value is -3.22. The van der Waals surface area contributed by atoms with Gasteiger partial charge in [0.25, 0.3) is 5.91 Å². The van der Waals surface area contributed by atoms with Gasteiger partial charge in [-0.2, -0.15) is 4.57 Å². The third-order valence-corrected chi connectivity index (χ3v) is 4.96. The van der Waals surface area contributed by atoms with Gasteiger partial charge in [0.15, 0.2) is 11.9 Å². The monoisotopic (exact) mass is 440 g/mol. The molecule has 1 N–H and O–H groups in total. The summed E-state index contributed by atoms with van der Waals surface area (Å²) in [5.74, 6) is -0.950. The zero-order chi connectivity index (χ0) is 21.1. The zero-order valence-electron chi connectivity index (χ0n) is 15.6. The van der Waals surface area contributed by atoms with Gasteiger partial charge in [0, 0.05) is 27.9 Å². The number of esters is 1. The van der Waals surface area contributed by atoms with Crippen LogP contribution in [0.4, 0.5) is 11.4 Å². The highest BCUT2D eigenvalue weighted by Crippen LogP contribution is 2.25. The van der Waals surface area contributed by atoms with Crippen molar-refractivity contribution in [3.63, 3.8) is 0 Å². The molecule has 1 aliphatic heterocycles. The first-order valence-electron chi connectivity index (χ1n) is 9.08. The predicted octanol–water partition coefficient (Wildman–Crippen LogP) is 4.29. The Labute approximate surface area is 182 Å². The molecule has 2 aromatic carbocycles. The van der Waals surface area contributed by atoms with Crippen LogP contribution in [0.1, 0.15) is 11.8 Å². The van der Waals surface area contributed by atoms with Crippen LogP contribution in [-0.4, -0.2) is 17.6 Å². The largest absolute Gasteiger partial charge is 0.439 e. The second kappa shape index (κ2) is 8.65. The van der Waals surface area contributed by atoms with Crippen LogP contribution in [0.15, 0.2) is 77.9 Å². The first kappa shape index (κ1) is 20.1. The number of nitrogens with one attached hydrogen (secondary N) is 1. The van der Waals surface area contributed by atoms with E-state index in [9.17, 15) is 9.59 Å². The van der Waals surface area contributed by atoms with Crippen molar-refractivity contribution in [3.8, 4) is 0 Å². The van der Waals surface area contributed by atoms with Crippen molar-refractivity contribution in [1.82, 2.24) is 0 Å². The Bertz CT molecular complexity index is 1130. The van der Waals surface area contributed by atoms with E-state index in [4.69, 9.17) is 27.9 Å². The number of benzene rings is 2. The summed E-state index contributed by atoms with van der Waals surface area (Å²) in [6.45, 7) is 0.0691. The van der Waals surface area contributed by atoms with Gasteiger partial charge in [-0.3, -0.25) is 4.79 Å². The van der Waals surface area contributed by atoms with E-state index >= 15 is 0 Å². The lowest BCUT2D eigenvalue weighted by Crippen LogP contribution is -2.51. The Balaban J connectivity index is 1.76. The van der Waals surface area contributed by atoms with Gasteiger partial charge in [-0.15, -0.1) is 0 Å². The number of pyridine rings is 1. The minimum Gasteiger partial charge on any atom is -0.439 e. The fourth-order valence-corrected chi connectivity index (χ4v) is 3.30. The van der Waals surface area contributed by atoms with E-state index in [-0.39, 0.29) is 12.3 Å². The van der Waals surface area contributed by atoms with Crippen LogP contribution in [-0.2, 0) is 20.9 Å². The standard InChI is InChI=1S/C22H15Cl2N3O3/c23-14-4-8-16(9-5-14)25-20(22(29)26-17-10-6-15(24)7-11-17)21-18-3-1-2-12-27(18)13-19(28)30-21/h1-12,21H,13H2/p+1. The number of hydrogen-bond donors (Lipinski definition) is 1. The SMILES string of the molecule is O=C1C[n+]2ccccc2C(C(=Nc2ccc(Cl)cc2)C(=O)Nc2ccc(Cl)cc2)O1.